The zero-order valence-corrected chi connectivity index (χ0v) is 16.3. The van der Waals surface area contributed by atoms with E-state index in [4.69, 9.17) is 11.6 Å². The second-order valence-corrected chi connectivity index (χ2v) is 8.96. The molecule has 0 unspecified atom stereocenters. The van der Waals surface area contributed by atoms with E-state index in [9.17, 15) is 23.3 Å². The number of amides is 1. The normalized spacial score (nSPS) is 14.4. The summed E-state index contributed by atoms with van der Waals surface area (Å²) in [6, 6.07) is 11.9. The van der Waals surface area contributed by atoms with Gasteiger partial charge in [-0.25, -0.2) is 13.1 Å². The smallest absolute Gasteiger partial charge is 0.269 e. The van der Waals surface area contributed by atoms with Gasteiger partial charge in [0.2, 0.25) is 0 Å². The first-order chi connectivity index (χ1) is 13.7. The third-order valence-corrected chi connectivity index (χ3v) is 6.09. The zero-order chi connectivity index (χ0) is 20.8. The van der Waals surface area contributed by atoms with Gasteiger partial charge in [-0.1, -0.05) is 17.7 Å². The van der Waals surface area contributed by atoms with Crippen LogP contribution in [-0.4, -0.2) is 29.0 Å². The maximum Gasteiger partial charge on any atom is 0.269 e. The molecule has 4 rings (SSSR count). The van der Waals surface area contributed by atoms with Gasteiger partial charge >= 0.3 is 0 Å². The molecule has 9 nitrogen and oxygen atoms in total. The molecule has 2 aromatic carbocycles. The SMILES string of the molecule is O=C(Nc1c2c(nn1-c1ccc([N+](=O)[O-])cc1)CS(=O)(=O)C2)c1cccc(Cl)c1. The number of non-ortho nitro benzene ring substituents is 1. The first kappa shape index (κ1) is 19.1. The van der Waals surface area contributed by atoms with E-state index in [1.807, 2.05) is 0 Å². The predicted octanol–water partition coefficient (Wildman–Crippen LogP) is 3.11. The van der Waals surface area contributed by atoms with Gasteiger partial charge in [-0.15, -0.1) is 0 Å². The summed E-state index contributed by atoms with van der Waals surface area (Å²) in [6.45, 7) is 0. The molecule has 0 saturated carbocycles. The molecule has 3 aromatic rings. The quantitative estimate of drug-likeness (QED) is 0.499. The Kier molecular flexibility index (Phi) is 4.59. The predicted molar refractivity (Wildman–Crippen MR) is 106 cm³/mol. The Morgan fingerprint density at radius 2 is 1.90 bits per heavy atom. The van der Waals surface area contributed by atoms with Crippen LogP contribution >= 0.6 is 11.6 Å². The van der Waals surface area contributed by atoms with Crippen LogP contribution in [0.4, 0.5) is 11.5 Å². The van der Waals surface area contributed by atoms with Gasteiger partial charge in [0.1, 0.15) is 5.82 Å². The summed E-state index contributed by atoms with van der Waals surface area (Å²) in [6.07, 6.45) is 0. The fourth-order valence-corrected chi connectivity index (χ4v) is 4.77. The lowest BCUT2D eigenvalue weighted by Crippen LogP contribution is -2.17. The monoisotopic (exact) mass is 432 g/mol. The van der Waals surface area contributed by atoms with Crippen molar-refractivity contribution in [2.24, 2.45) is 0 Å². The minimum absolute atomic E-state index is 0.0967. The largest absolute Gasteiger partial charge is 0.306 e. The molecule has 1 amide bonds. The summed E-state index contributed by atoms with van der Waals surface area (Å²) in [5.74, 6) is -0.759. The Morgan fingerprint density at radius 1 is 1.17 bits per heavy atom. The Labute approximate surface area is 170 Å². The Morgan fingerprint density at radius 3 is 2.55 bits per heavy atom. The van der Waals surface area contributed by atoms with E-state index in [-0.39, 0.29) is 23.0 Å². The van der Waals surface area contributed by atoms with E-state index in [2.05, 4.69) is 10.4 Å². The standard InChI is InChI=1S/C18H13ClN4O5S/c19-12-3-1-2-11(8-12)18(24)20-17-15-9-29(27,28)10-16(15)21-22(17)13-4-6-14(7-5-13)23(25)26/h1-8H,9-10H2,(H,20,24). The van der Waals surface area contributed by atoms with Crippen LogP contribution in [0, 0.1) is 10.1 Å². The lowest BCUT2D eigenvalue weighted by molar-refractivity contribution is -0.384. The average molecular weight is 433 g/mol. The maximum absolute atomic E-state index is 12.7. The molecule has 11 heteroatoms. The van der Waals surface area contributed by atoms with Gasteiger partial charge < -0.3 is 5.32 Å². The molecule has 2 heterocycles. The highest BCUT2D eigenvalue weighted by Crippen LogP contribution is 2.33. The molecule has 0 bridgehead atoms. The molecule has 1 aliphatic heterocycles. The van der Waals surface area contributed by atoms with E-state index in [1.54, 1.807) is 18.2 Å². The van der Waals surface area contributed by atoms with Crippen LogP contribution in [0.2, 0.25) is 5.02 Å². The van der Waals surface area contributed by atoms with E-state index in [0.29, 0.717) is 27.5 Å². The van der Waals surface area contributed by atoms with Gasteiger partial charge in [0.15, 0.2) is 9.84 Å². The molecule has 148 valence electrons. The summed E-state index contributed by atoms with van der Waals surface area (Å²) in [4.78, 5) is 23.1. The molecule has 0 atom stereocenters. The molecular weight excluding hydrogens is 420 g/mol. The number of sulfone groups is 1. The number of carbonyl (C=O) groups is 1. The number of nitrogens with one attached hydrogen (secondary N) is 1. The summed E-state index contributed by atoms with van der Waals surface area (Å²) in [7, 11) is -3.35. The van der Waals surface area contributed by atoms with Crippen LogP contribution in [0.5, 0.6) is 0 Å². The first-order valence-electron chi connectivity index (χ1n) is 8.36. The van der Waals surface area contributed by atoms with Gasteiger partial charge in [0, 0.05) is 28.3 Å². The van der Waals surface area contributed by atoms with Crippen LogP contribution < -0.4 is 5.32 Å². The zero-order valence-electron chi connectivity index (χ0n) is 14.7. The lowest BCUT2D eigenvalue weighted by atomic mass is 10.2. The Balaban J connectivity index is 1.77. The second kappa shape index (κ2) is 6.98. The van der Waals surface area contributed by atoms with Crippen LogP contribution in [0.3, 0.4) is 0 Å². The van der Waals surface area contributed by atoms with Crippen molar-refractivity contribution < 1.29 is 18.1 Å². The third-order valence-electron chi connectivity index (χ3n) is 4.41. The molecular formula is C18H13ClN4O5S. The number of nitro benzene ring substituents is 1. The van der Waals surface area contributed by atoms with Crippen molar-refractivity contribution in [3.05, 3.63) is 80.5 Å². The number of aromatic nitrogens is 2. The molecule has 0 radical (unpaired) electrons. The fraction of sp³-hybridized carbons (Fsp3) is 0.111. The number of nitro groups is 1. The highest BCUT2D eigenvalue weighted by Gasteiger charge is 2.33. The first-order valence-corrected chi connectivity index (χ1v) is 10.6. The minimum atomic E-state index is -3.35. The summed E-state index contributed by atoms with van der Waals surface area (Å²) >= 11 is 5.94. The number of rotatable bonds is 4. The molecule has 29 heavy (non-hydrogen) atoms. The molecule has 0 fully saturated rings. The topological polar surface area (TPSA) is 124 Å². The number of fused-ring (bicyclic) bond motifs is 1. The molecule has 1 aromatic heterocycles. The lowest BCUT2D eigenvalue weighted by Gasteiger charge is -2.11. The van der Waals surface area contributed by atoms with E-state index in [1.165, 1.54) is 35.0 Å². The maximum atomic E-state index is 12.7. The van der Waals surface area contributed by atoms with Gasteiger partial charge in [-0.3, -0.25) is 14.9 Å². The minimum Gasteiger partial charge on any atom is -0.306 e. The van der Waals surface area contributed by atoms with Crippen molar-refractivity contribution in [1.82, 2.24) is 9.78 Å². The van der Waals surface area contributed by atoms with E-state index >= 15 is 0 Å². The summed E-state index contributed by atoms with van der Waals surface area (Å²) < 4.78 is 25.4. The van der Waals surface area contributed by atoms with Gasteiger partial charge in [0.05, 0.1) is 27.8 Å². The van der Waals surface area contributed by atoms with E-state index < -0.39 is 20.7 Å². The number of halogens is 1. The third kappa shape index (κ3) is 3.71. The number of hydrogen-bond donors (Lipinski definition) is 1. The molecule has 0 saturated heterocycles. The van der Waals surface area contributed by atoms with Crippen molar-refractivity contribution in [2.75, 3.05) is 5.32 Å². The summed E-state index contributed by atoms with van der Waals surface area (Å²) in [5.41, 5.74) is 1.39. The van der Waals surface area contributed by atoms with Crippen molar-refractivity contribution in [2.45, 2.75) is 11.5 Å². The highest BCUT2D eigenvalue weighted by atomic mass is 35.5. The van der Waals surface area contributed by atoms with E-state index in [0.717, 1.165) is 0 Å². The van der Waals surface area contributed by atoms with Crippen LogP contribution in [-0.2, 0) is 21.3 Å². The summed E-state index contributed by atoms with van der Waals surface area (Å²) in [5, 5.41) is 18.3. The van der Waals surface area contributed by atoms with Crippen LogP contribution in [0.15, 0.2) is 48.5 Å². The fourth-order valence-electron chi connectivity index (χ4n) is 3.08. The molecule has 0 aliphatic carbocycles. The van der Waals surface area contributed by atoms with Crippen molar-refractivity contribution in [3.63, 3.8) is 0 Å². The molecule has 1 N–H and O–H groups in total. The molecule has 1 aliphatic rings. The number of nitrogens with zero attached hydrogens (tertiary/aromatic N) is 3. The molecule has 0 spiro atoms. The van der Waals surface area contributed by atoms with Gasteiger partial charge in [-0.05, 0) is 30.3 Å². The highest BCUT2D eigenvalue weighted by molar-refractivity contribution is 7.90. The van der Waals surface area contributed by atoms with Crippen molar-refractivity contribution in [3.8, 4) is 5.69 Å². The Bertz CT molecular complexity index is 1250. The Hall–Kier alpha value is -3.24. The van der Waals surface area contributed by atoms with Crippen LogP contribution in [0.25, 0.3) is 5.69 Å². The van der Waals surface area contributed by atoms with Gasteiger partial charge in [0.25, 0.3) is 11.6 Å². The average Bonchev–Trinajstić information content (AvgIpc) is 3.14. The number of anilines is 1. The van der Waals surface area contributed by atoms with Crippen molar-refractivity contribution >= 4 is 38.9 Å². The number of carbonyl (C=O) groups excluding carboxylic acids is 1. The number of benzene rings is 2. The second-order valence-electron chi connectivity index (χ2n) is 6.46. The van der Waals surface area contributed by atoms with Crippen molar-refractivity contribution in [1.29, 1.82) is 0 Å². The number of hydrogen-bond acceptors (Lipinski definition) is 6. The van der Waals surface area contributed by atoms with Crippen LogP contribution in [0.1, 0.15) is 21.6 Å². The van der Waals surface area contributed by atoms with Gasteiger partial charge in [-0.2, -0.15) is 5.10 Å².